The molecule has 178 valence electrons. The molecule has 0 aliphatic carbocycles. The number of carbonyl (C=O) groups excluding carboxylic acids is 1. The molecule has 0 aromatic heterocycles. The van der Waals surface area contributed by atoms with Crippen molar-refractivity contribution in [3.63, 3.8) is 0 Å². The van der Waals surface area contributed by atoms with E-state index < -0.39 is 0 Å². The SMILES string of the molecule is CCCc1cccc(C=NNC(=O)CN2CCN(Cc3ccc(C(C)(C)C)cc3)CC2)c1O. The number of piperazine rings is 1. The molecule has 1 fully saturated rings. The number of phenols is 1. The summed E-state index contributed by atoms with van der Waals surface area (Å²) in [5.41, 5.74) is 6.96. The lowest BCUT2D eigenvalue weighted by atomic mass is 9.87. The quantitative estimate of drug-likeness (QED) is 0.473. The standard InChI is InChI=1S/C27H38N4O2/c1-5-7-22-8-6-9-23(26(22)33)18-28-29-25(32)20-31-16-14-30(15-17-31)19-21-10-12-24(13-11-21)27(2,3)4/h6,8-13,18,33H,5,7,14-17,19-20H2,1-4H3,(H,29,32). The van der Waals surface area contributed by atoms with Crippen LogP contribution in [0.2, 0.25) is 0 Å². The molecule has 1 heterocycles. The summed E-state index contributed by atoms with van der Waals surface area (Å²) in [6, 6.07) is 14.5. The predicted octanol–water partition coefficient (Wildman–Crippen LogP) is 3.91. The molecule has 33 heavy (non-hydrogen) atoms. The molecule has 2 aromatic carbocycles. The fraction of sp³-hybridized carbons (Fsp3) is 0.481. The third kappa shape index (κ3) is 7.41. The van der Waals surface area contributed by atoms with Gasteiger partial charge in [-0.25, -0.2) is 5.43 Å². The average molecular weight is 451 g/mol. The Kier molecular flexibility index (Phi) is 8.64. The summed E-state index contributed by atoms with van der Waals surface area (Å²) in [6.07, 6.45) is 3.28. The molecular formula is C27H38N4O2. The van der Waals surface area contributed by atoms with Crippen LogP contribution in [0.5, 0.6) is 5.75 Å². The summed E-state index contributed by atoms with van der Waals surface area (Å²) in [5.74, 6) is 0.100. The number of phenolic OH excluding ortho intramolecular Hbond substituents is 1. The first kappa shape index (κ1) is 24.9. The van der Waals surface area contributed by atoms with E-state index in [1.807, 2.05) is 12.1 Å². The lowest BCUT2D eigenvalue weighted by molar-refractivity contribution is -0.122. The van der Waals surface area contributed by atoms with Crippen molar-refractivity contribution in [3.05, 3.63) is 64.7 Å². The van der Waals surface area contributed by atoms with Crippen LogP contribution in [0.25, 0.3) is 0 Å². The van der Waals surface area contributed by atoms with Gasteiger partial charge in [-0.3, -0.25) is 14.6 Å². The molecular weight excluding hydrogens is 412 g/mol. The second kappa shape index (κ2) is 11.4. The van der Waals surface area contributed by atoms with Crippen LogP contribution in [0.1, 0.15) is 56.4 Å². The number of nitrogens with zero attached hydrogens (tertiary/aromatic N) is 3. The first-order valence-electron chi connectivity index (χ1n) is 11.9. The molecule has 0 bridgehead atoms. The maximum atomic E-state index is 12.3. The Bertz CT molecular complexity index is 940. The van der Waals surface area contributed by atoms with Crippen molar-refractivity contribution < 1.29 is 9.90 Å². The maximum absolute atomic E-state index is 12.3. The molecule has 0 saturated carbocycles. The number of hydrogen-bond acceptors (Lipinski definition) is 5. The maximum Gasteiger partial charge on any atom is 0.254 e. The minimum Gasteiger partial charge on any atom is -0.507 e. The summed E-state index contributed by atoms with van der Waals surface area (Å²) in [6.45, 7) is 13.6. The average Bonchev–Trinajstić information content (AvgIpc) is 2.77. The van der Waals surface area contributed by atoms with Gasteiger partial charge >= 0.3 is 0 Å². The summed E-state index contributed by atoms with van der Waals surface area (Å²) < 4.78 is 0. The fourth-order valence-electron chi connectivity index (χ4n) is 4.07. The number of para-hydroxylation sites is 1. The Hall–Kier alpha value is -2.70. The second-order valence-electron chi connectivity index (χ2n) is 9.90. The van der Waals surface area contributed by atoms with E-state index in [4.69, 9.17) is 0 Å². The molecule has 6 heteroatoms. The van der Waals surface area contributed by atoms with Gasteiger partial charge in [0.05, 0.1) is 12.8 Å². The van der Waals surface area contributed by atoms with Crippen molar-refractivity contribution in [1.82, 2.24) is 15.2 Å². The van der Waals surface area contributed by atoms with Crippen LogP contribution < -0.4 is 5.43 Å². The number of carbonyl (C=O) groups is 1. The zero-order valence-electron chi connectivity index (χ0n) is 20.5. The van der Waals surface area contributed by atoms with Crippen LogP contribution in [0.3, 0.4) is 0 Å². The van der Waals surface area contributed by atoms with E-state index >= 15 is 0 Å². The van der Waals surface area contributed by atoms with E-state index in [0.29, 0.717) is 12.1 Å². The first-order chi connectivity index (χ1) is 15.8. The number of rotatable bonds is 8. The molecule has 2 N–H and O–H groups in total. The van der Waals surface area contributed by atoms with Gasteiger partial charge in [-0.2, -0.15) is 5.10 Å². The Morgan fingerprint density at radius 3 is 2.36 bits per heavy atom. The molecule has 0 unspecified atom stereocenters. The third-order valence-corrected chi connectivity index (χ3v) is 6.12. The van der Waals surface area contributed by atoms with Crippen molar-refractivity contribution >= 4 is 12.1 Å². The summed E-state index contributed by atoms with van der Waals surface area (Å²) in [7, 11) is 0. The molecule has 6 nitrogen and oxygen atoms in total. The molecule has 1 saturated heterocycles. The lowest BCUT2D eigenvalue weighted by Crippen LogP contribution is -2.48. The van der Waals surface area contributed by atoms with E-state index in [-0.39, 0.29) is 17.1 Å². The topological polar surface area (TPSA) is 68.2 Å². The summed E-state index contributed by atoms with van der Waals surface area (Å²) in [4.78, 5) is 16.9. The van der Waals surface area contributed by atoms with Crippen LogP contribution in [0, 0.1) is 0 Å². The fourth-order valence-corrected chi connectivity index (χ4v) is 4.07. The number of aromatic hydroxyl groups is 1. The van der Waals surface area contributed by atoms with Crippen LogP contribution in [-0.4, -0.2) is 59.8 Å². The Morgan fingerprint density at radius 2 is 1.73 bits per heavy atom. The van der Waals surface area contributed by atoms with E-state index in [0.717, 1.165) is 51.1 Å². The molecule has 1 aliphatic rings. The molecule has 3 rings (SSSR count). The van der Waals surface area contributed by atoms with Crippen molar-refractivity contribution in [3.8, 4) is 5.75 Å². The van der Waals surface area contributed by atoms with Gasteiger partial charge in [0.1, 0.15) is 5.75 Å². The van der Waals surface area contributed by atoms with Gasteiger partial charge < -0.3 is 5.11 Å². The van der Waals surface area contributed by atoms with Gasteiger partial charge in [-0.1, -0.05) is 70.5 Å². The molecule has 0 atom stereocenters. The first-order valence-corrected chi connectivity index (χ1v) is 11.9. The highest BCUT2D eigenvalue weighted by molar-refractivity contribution is 5.86. The van der Waals surface area contributed by atoms with Crippen molar-refractivity contribution in [1.29, 1.82) is 0 Å². The highest BCUT2D eigenvalue weighted by Gasteiger charge is 2.19. The highest BCUT2D eigenvalue weighted by Crippen LogP contribution is 2.23. The summed E-state index contributed by atoms with van der Waals surface area (Å²) >= 11 is 0. The van der Waals surface area contributed by atoms with Gasteiger partial charge in [0.15, 0.2) is 0 Å². The molecule has 1 aliphatic heterocycles. The largest absolute Gasteiger partial charge is 0.507 e. The number of hydrogen-bond donors (Lipinski definition) is 2. The molecule has 1 amide bonds. The van der Waals surface area contributed by atoms with E-state index in [2.05, 4.69) is 72.3 Å². The monoisotopic (exact) mass is 450 g/mol. The number of nitrogens with one attached hydrogen (secondary N) is 1. The molecule has 0 radical (unpaired) electrons. The lowest BCUT2D eigenvalue weighted by Gasteiger charge is -2.34. The minimum absolute atomic E-state index is 0.137. The normalized spacial score (nSPS) is 15.8. The number of amides is 1. The van der Waals surface area contributed by atoms with Crippen molar-refractivity contribution in [2.45, 2.75) is 52.5 Å². The Balaban J connectivity index is 1.41. The summed E-state index contributed by atoms with van der Waals surface area (Å²) in [5, 5.41) is 14.4. The zero-order chi connectivity index (χ0) is 23.8. The Labute approximate surface area is 198 Å². The number of hydrazone groups is 1. The van der Waals surface area contributed by atoms with E-state index in [1.54, 1.807) is 6.07 Å². The van der Waals surface area contributed by atoms with Crippen LogP contribution in [0.15, 0.2) is 47.6 Å². The third-order valence-electron chi connectivity index (χ3n) is 6.12. The zero-order valence-corrected chi connectivity index (χ0v) is 20.5. The number of benzene rings is 2. The molecule has 2 aromatic rings. The second-order valence-corrected chi connectivity index (χ2v) is 9.90. The molecule has 0 spiro atoms. The van der Waals surface area contributed by atoms with E-state index in [9.17, 15) is 9.90 Å². The van der Waals surface area contributed by atoms with Crippen LogP contribution in [0.4, 0.5) is 0 Å². The number of aryl methyl sites for hydroxylation is 1. The highest BCUT2D eigenvalue weighted by atomic mass is 16.3. The van der Waals surface area contributed by atoms with E-state index in [1.165, 1.54) is 17.3 Å². The Morgan fingerprint density at radius 1 is 1.06 bits per heavy atom. The van der Waals surface area contributed by atoms with Gasteiger partial charge in [-0.15, -0.1) is 0 Å². The predicted molar refractivity (Wildman–Crippen MR) is 135 cm³/mol. The van der Waals surface area contributed by atoms with Gasteiger partial charge in [0.2, 0.25) is 0 Å². The van der Waals surface area contributed by atoms with Crippen LogP contribution >= 0.6 is 0 Å². The van der Waals surface area contributed by atoms with Gasteiger partial charge in [0.25, 0.3) is 5.91 Å². The van der Waals surface area contributed by atoms with Crippen molar-refractivity contribution in [2.24, 2.45) is 5.10 Å². The smallest absolute Gasteiger partial charge is 0.254 e. The minimum atomic E-state index is -0.137. The van der Waals surface area contributed by atoms with Crippen molar-refractivity contribution in [2.75, 3.05) is 32.7 Å². The van der Waals surface area contributed by atoms with Gasteiger partial charge in [0, 0.05) is 38.3 Å². The van der Waals surface area contributed by atoms with Gasteiger partial charge in [-0.05, 0) is 34.6 Å². The van der Waals surface area contributed by atoms with Crippen LogP contribution in [-0.2, 0) is 23.2 Å².